The molecular weight excluding hydrogens is 224 g/mol. The second-order valence-corrected chi connectivity index (χ2v) is 4.43. The average molecular weight is 241 g/mol. The Morgan fingerprint density at radius 1 is 1.35 bits per heavy atom. The highest BCUT2D eigenvalue weighted by atomic mass is 19.1. The standard InChI is InChI=1S/C13H17F2NO/c1-9(2)7-13(17)16-6-5-10-3-4-11(14)8-12(10)15/h3-4,8-9H,5-7H2,1-2H3,(H,16,17). The SMILES string of the molecule is CC(C)CC(=O)NCCc1ccc(F)cc1F. The number of benzene rings is 1. The van der Waals surface area contributed by atoms with Crippen molar-refractivity contribution < 1.29 is 13.6 Å². The van der Waals surface area contributed by atoms with Crippen molar-refractivity contribution in [2.24, 2.45) is 5.92 Å². The van der Waals surface area contributed by atoms with Crippen LogP contribution in [-0.2, 0) is 11.2 Å². The second-order valence-electron chi connectivity index (χ2n) is 4.43. The van der Waals surface area contributed by atoms with Gasteiger partial charge in [0.05, 0.1) is 0 Å². The lowest BCUT2D eigenvalue weighted by atomic mass is 10.1. The summed E-state index contributed by atoms with van der Waals surface area (Å²) in [5.41, 5.74) is 0.413. The van der Waals surface area contributed by atoms with E-state index in [-0.39, 0.29) is 5.91 Å². The van der Waals surface area contributed by atoms with E-state index in [2.05, 4.69) is 5.32 Å². The lowest BCUT2D eigenvalue weighted by molar-refractivity contribution is -0.121. The molecule has 1 N–H and O–H groups in total. The third-order valence-electron chi connectivity index (χ3n) is 2.33. The predicted octanol–water partition coefficient (Wildman–Crippen LogP) is 2.67. The fourth-order valence-electron chi connectivity index (χ4n) is 1.50. The molecule has 0 fully saturated rings. The fraction of sp³-hybridized carbons (Fsp3) is 0.462. The van der Waals surface area contributed by atoms with E-state index in [1.807, 2.05) is 13.8 Å². The maximum Gasteiger partial charge on any atom is 0.220 e. The fourth-order valence-corrected chi connectivity index (χ4v) is 1.50. The molecule has 0 radical (unpaired) electrons. The van der Waals surface area contributed by atoms with Crippen LogP contribution in [0.15, 0.2) is 18.2 Å². The molecule has 0 saturated heterocycles. The molecule has 0 aliphatic carbocycles. The summed E-state index contributed by atoms with van der Waals surface area (Å²) in [6.07, 6.45) is 0.835. The van der Waals surface area contributed by atoms with Gasteiger partial charge in [-0.05, 0) is 24.0 Å². The summed E-state index contributed by atoms with van der Waals surface area (Å²) < 4.78 is 25.9. The first-order valence-corrected chi connectivity index (χ1v) is 5.69. The van der Waals surface area contributed by atoms with Gasteiger partial charge < -0.3 is 5.32 Å². The number of nitrogens with one attached hydrogen (secondary N) is 1. The summed E-state index contributed by atoms with van der Waals surface area (Å²) in [4.78, 5) is 11.3. The van der Waals surface area contributed by atoms with Gasteiger partial charge in [-0.1, -0.05) is 19.9 Å². The molecule has 0 unspecified atom stereocenters. The van der Waals surface area contributed by atoms with Gasteiger partial charge in [-0.3, -0.25) is 4.79 Å². The molecule has 1 amide bonds. The van der Waals surface area contributed by atoms with Crippen molar-refractivity contribution in [1.82, 2.24) is 5.32 Å². The van der Waals surface area contributed by atoms with Crippen molar-refractivity contribution in [2.45, 2.75) is 26.7 Å². The molecule has 94 valence electrons. The van der Waals surface area contributed by atoms with Crippen molar-refractivity contribution in [3.8, 4) is 0 Å². The van der Waals surface area contributed by atoms with Crippen LogP contribution in [0.4, 0.5) is 8.78 Å². The van der Waals surface area contributed by atoms with Gasteiger partial charge in [-0.15, -0.1) is 0 Å². The average Bonchev–Trinajstić information content (AvgIpc) is 2.20. The number of hydrogen-bond donors (Lipinski definition) is 1. The van der Waals surface area contributed by atoms with E-state index in [9.17, 15) is 13.6 Å². The number of hydrogen-bond acceptors (Lipinski definition) is 1. The van der Waals surface area contributed by atoms with Gasteiger partial charge in [0.1, 0.15) is 11.6 Å². The molecule has 17 heavy (non-hydrogen) atoms. The Morgan fingerprint density at radius 2 is 2.06 bits per heavy atom. The molecule has 0 saturated carbocycles. The largest absolute Gasteiger partial charge is 0.356 e. The van der Waals surface area contributed by atoms with Gasteiger partial charge >= 0.3 is 0 Å². The number of carbonyl (C=O) groups is 1. The molecule has 0 atom stereocenters. The first-order valence-electron chi connectivity index (χ1n) is 5.69. The second kappa shape index (κ2) is 6.33. The maximum absolute atomic E-state index is 13.2. The number of halogens is 2. The van der Waals surface area contributed by atoms with Gasteiger partial charge in [0.25, 0.3) is 0 Å². The van der Waals surface area contributed by atoms with Gasteiger partial charge in [0.2, 0.25) is 5.91 Å². The third kappa shape index (κ3) is 4.93. The Hall–Kier alpha value is -1.45. The van der Waals surface area contributed by atoms with Crippen molar-refractivity contribution in [2.75, 3.05) is 6.54 Å². The smallest absolute Gasteiger partial charge is 0.220 e. The van der Waals surface area contributed by atoms with Crippen molar-refractivity contribution in [1.29, 1.82) is 0 Å². The first kappa shape index (κ1) is 13.6. The zero-order chi connectivity index (χ0) is 12.8. The third-order valence-corrected chi connectivity index (χ3v) is 2.33. The molecule has 0 spiro atoms. The van der Waals surface area contributed by atoms with E-state index in [4.69, 9.17) is 0 Å². The van der Waals surface area contributed by atoms with E-state index in [1.165, 1.54) is 12.1 Å². The number of carbonyl (C=O) groups excluding carboxylic acids is 1. The summed E-state index contributed by atoms with van der Waals surface area (Å²) in [5, 5.41) is 2.70. The Balaban J connectivity index is 2.38. The minimum absolute atomic E-state index is 0.0393. The molecule has 0 bridgehead atoms. The monoisotopic (exact) mass is 241 g/mol. The molecule has 1 rings (SSSR count). The molecule has 4 heteroatoms. The first-order chi connectivity index (χ1) is 7.99. The van der Waals surface area contributed by atoms with Crippen molar-refractivity contribution >= 4 is 5.91 Å². The Bertz CT molecular complexity index is 391. The normalized spacial score (nSPS) is 10.6. The summed E-state index contributed by atoms with van der Waals surface area (Å²) in [7, 11) is 0. The molecule has 1 aromatic rings. The summed E-state index contributed by atoms with van der Waals surface area (Å²) in [6, 6.07) is 3.47. The number of amides is 1. The van der Waals surface area contributed by atoms with E-state index in [0.717, 1.165) is 6.07 Å². The topological polar surface area (TPSA) is 29.1 Å². The van der Waals surface area contributed by atoms with Crippen LogP contribution in [0, 0.1) is 17.6 Å². The zero-order valence-electron chi connectivity index (χ0n) is 10.1. The van der Waals surface area contributed by atoms with E-state index >= 15 is 0 Å². The number of rotatable bonds is 5. The highest BCUT2D eigenvalue weighted by molar-refractivity contribution is 5.76. The minimum atomic E-state index is -0.588. The van der Waals surface area contributed by atoms with Crippen LogP contribution in [0.5, 0.6) is 0 Å². The molecule has 1 aromatic carbocycles. The van der Waals surface area contributed by atoms with E-state index in [1.54, 1.807) is 0 Å². The summed E-state index contributed by atoms with van der Waals surface area (Å²) in [6.45, 7) is 4.28. The highest BCUT2D eigenvalue weighted by Crippen LogP contribution is 2.09. The molecule has 0 heterocycles. The maximum atomic E-state index is 13.2. The van der Waals surface area contributed by atoms with Crippen molar-refractivity contribution in [3.05, 3.63) is 35.4 Å². The van der Waals surface area contributed by atoms with E-state index in [0.29, 0.717) is 30.9 Å². The quantitative estimate of drug-likeness (QED) is 0.843. The van der Waals surface area contributed by atoms with Crippen LogP contribution in [0.25, 0.3) is 0 Å². The predicted molar refractivity (Wildman–Crippen MR) is 62.5 cm³/mol. The molecule has 0 aliphatic heterocycles. The minimum Gasteiger partial charge on any atom is -0.356 e. The van der Waals surface area contributed by atoms with Crippen LogP contribution < -0.4 is 5.32 Å². The molecular formula is C13H17F2NO. The lowest BCUT2D eigenvalue weighted by Gasteiger charge is -2.07. The van der Waals surface area contributed by atoms with Crippen LogP contribution in [-0.4, -0.2) is 12.5 Å². The van der Waals surface area contributed by atoms with Crippen LogP contribution in [0.2, 0.25) is 0 Å². The molecule has 2 nitrogen and oxygen atoms in total. The van der Waals surface area contributed by atoms with Crippen LogP contribution in [0.3, 0.4) is 0 Å². The highest BCUT2D eigenvalue weighted by Gasteiger charge is 2.06. The Kier molecular flexibility index (Phi) is 5.07. The summed E-state index contributed by atoms with van der Waals surface area (Å²) in [5.74, 6) is -0.890. The molecule has 0 aromatic heterocycles. The van der Waals surface area contributed by atoms with Crippen LogP contribution in [0.1, 0.15) is 25.8 Å². The Morgan fingerprint density at radius 3 is 2.65 bits per heavy atom. The van der Waals surface area contributed by atoms with Crippen molar-refractivity contribution in [3.63, 3.8) is 0 Å². The van der Waals surface area contributed by atoms with Crippen LogP contribution >= 0.6 is 0 Å². The van der Waals surface area contributed by atoms with E-state index < -0.39 is 11.6 Å². The van der Waals surface area contributed by atoms with Gasteiger partial charge in [-0.25, -0.2) is 8.78 Å². The Labute approximate surface area is 100 Å². The summed E-state index contributed by atoms with van der Waals surface area (Å²) >= 11 is 0. The van der Waals surface area contributed by atoms with Gasteiger partial charge in [0.15, 0.2) is 0 Å². The van der Waals surface area contributed by atoms with Gasteiger partial charge in [-0.2, -0.15) is 0 Å². The lowest BCUT2D eigenvalue weighted by Crippen LogP contribution is -2.26. The zero-order valence-corrected chi connectivity index (χ0v) is 10.1. The van der Waals surface area contributed by atoms with Gasteiger partial charge in [0, 0.05) is 19.0 Å². The molecule has 0 aliphatic rings.